The molecule has 0 unspecified atom stereocenters. The van der Waals surface area contributed by atoms with Crippen molar-refractivity contribution in [2.45, 2.75) is 18.9 Å². The van der Waals surface area contributed by atoms with E-state index in [4.69, 9.17) is 5.11 Å². The van der Waals surface area contributed by atoms with Crippen LogP contribution < -0.4 is 0 Å². The zero-order valence-corrected chi connectivity index (χ0v) is 8.45. The summed E-state index contributed by atoms with van der Waals surface area (Å²) in [5, 5.41) is 8.74. The zero-order chi connectivity index (χ0) is 9.26. The molecule has 0 atom stereocenters. The van der Waals surface area contributed by atoms with Crippen molar-refractivity contribution in [3.05, 3.63) is 0 Å². The normalized spacial score (nSPS) is 25.2. The summed E-state index contributed by atoms with van der Waals surface area (Å²) in [6, 6.07) is 0.944. The predicted octanol–water partition coefficient (Wildman–Crippen LogP) is 0.00470. The van der Waals surface area contributed by atoms with Crippen LogP contribution in [-0.2, 0) is 0 Å². The van der Waals surface area contributed by atoms with Crippen LogP contribution in [0.1, 0.15) is 12.8 Å². The van der Waals surface area contributed by atoms with Gasteiger partial charge in [-0.1, -0.05) is 0 Å². The molecule has 2 rings (SSSR count). The summed E-state index contributed by atoms with van der Waals surface area (Å²) in [6.07, 6.45) is 2.86. The zero-order valence-electron chi connectivity index (χ0n) is 8.45. The van der Waals surface area contributed by atoms with Gasteiger partial charge < -0.3 is 10.0 Å². The molecule has 3 nitrogen and oxygen atoms in total. The van der Waals surface area contributed by atoms with Crippen LogP contribution in [0.5, 0.6) is 0 Å². The van der Waals surface area contributed by atoms with Gasteiger partial charge in [0.1, 0.15) is 0 Å². The summed E-state index contributed by atoms with van der Waals surface area (Å²) in [5.41, 5.74) is 0. The van der Waals surface area contributed by atoms with Gasteiger partial charge in [0.05, 0.1) is 6.61 Å². The van der Waals surface area contributed by atoms with E-state index in [2.05, 4.69) is 16.8 Å². The third-order valence-corrected chi connectivity index (χ3v) is 3.10. The summed E-state index contributed by atoms with van der Waals surface area (Å²) in [5.74, 6) is 0.858. The second-order valence-electron chi connectivity index (χ2n) is 4.54. The summed E-state index contributed by atoms with van der Waals surface area (Å²) in [6.45, 7) is 4.85. The lowest BCUT2D eigenvalue weighted by molar-refractivity contribution is 0.0629. The van der Waals surface area contributed by atoms with Crippen LogP contribution in [0.15, 0.2) is 0 Å². The fourth-order valence-corrected chi connectivity index (χ4v) is 2.17. The van der Waals surface area contributed by atoms with E-state index in [1.807, 2.05) is 0 Å². The molecule has 0 amide bonds. The Kier molecular flexibility index (Phi) is 2.86. The summed E-state index contributed by atoms with van der Waals surface area (Å²) < 4.78 is 0. The molecule has 1 aliphatic heterocycles. The standard InChI is InChI=1S/C10H20N2O/c1-11(4-5-13)6-9-7-12(8-9)10-2-3-10/h9-10,13H,2-8H2,1H3. The van der Waals surface area contributed by atoms with Gasteiger partial charge in [0.15, 0.2) is 0 Å². The molecule has 0 aromatic carbocycles. The number of aliphatic hydroxyl groups is 1. The minimum Gasteiger partial charge on any atom is -0.395 e. The highest BCUT2D eigenvalue weighted by molar-refractivity contribution is 4.93. The van der Waals surface area contributed by atoms with Gasteiger partial charge in [-0.25, -0.2) is 0 Å². The molecule has 0 radical (unpaired) electrons. The number of likely N-dealkylation sites (tertiary alicyclic amines) is 1. The van der Waals surface area contributed by atoms with Crippen molar-refractivity contribution < 1.29 is 5.11 Å². The molecular weight excluding hydrogens is 164 g/mol. The molecule has 13 heavy (non-hydrogen) atoms. The first-order valence-corrected chi connectivity index (χ1v) is 5.33. The highest BCUT2D eigenvalue weighted by Gasteiger charge is 2.37. The maximum absolute atomic E-state index is 8.74. The van der Waals surface area contributed by atoms with Gasteiger partial charge in [-0.15, -0.1) is 0 Å². The van der Waals surface area contributed by atoms with Crippen molar-refractivity contribution in [1.82, 2.24) is 9.80 Å². The van der Waals surface area contributed by atoms with E-state index in [1.54, 1.807) is 0 Å². The molecule has 0 aromatic rings. The molecule has 0 bridgehead atoms. The lowest BCUT2D eigenvalue weighted by Crippen LogP contribution is -2.51. The Balaban J connectivity index is 1.57. The fraction of sp³-hybridized carbons (Fsp3) is 1.00. The summed E-state index contributed by atoms with van der Waals surface area (Å²) in [4.78, 5) is 4.83. The predicted molar refractivity (Wildman–Crippen MR) is 52.7 cm³/mol. The summed E-state index contributed by atoms with van der Waals surface area (Å²) >= 11 is 0. The van der Waals surface area contributed by atoms with E-state index >= 15 is 0 Å². The van der Waals surface area contributed by atoms with Crippen LogP contribution in [0.25, 0.3) is 0 Å². The highest BCUT2D eigenvalue weighted by atomic mass is 16.3. The lowest BCUT2D eigenvalue weighted by atomic mass is 9.99. The molecule has 0 aromatic heterocycles. The van der Waals surface area contributed by atoms with Gasteiger partial charge >= 0.3 is 0 Å². The van der Waals surface area contributed by atoms with Crippen LogP contribution in [0.2, 0.25) is 0 Å². The average Bonchev–Trinajstić information content (AvgIpc) is 2.79. The maximum Gasteiger partial charge on any atom is 0.0558 e. The minimum atomic E-state index is 0.287. The number of likely N-dealkylation sites (N-methyl/N-ethyl adjacent to an activating group) is 1. The van der Waals surface area contributed by atoms with Crippen molar-refractivity contribution in [2.75, 3.05) is 39.8 Å². The van der Waals surface area contributed by atoms with E-state index in [9.17, 15) is 0 Å². The number of rotatable bonds is 5. The molecule has 2 aliphatic rings. The van der Waals surface area contributed by atoms with Gasteiger partial charge in [0, 0.05) is 32.2 Å². The van der Waals surface area contributed by atoms with Crippen molar-refractivity contribution in [3.8, 4) is 0 Å². The monoisotopic (exact) mass is 184 g/mol. The van der Waals surface area contributed by atoms with Crippen LogP contribution in [-0.4, -0.2) is 60.8 Å². The van der Waals surface area contributed by atoms with Gasteiger partial charge in [-0.3, -0.25) is 4.90 Å². The Hall–Kier alpha value is -0.120. The van der Waals surface area contributed by atoms with Gasteiger partial charge in [-0.05, 0) is 25.8 Å². The Bertz CT molecular complexity index is 164. The van der Waals surface area contributed by atoms with Gasteiger partial charge in [-0.2, -0.15) is 0 Å². The molecule has 0 spiro atoms. The van der Waals surface area contributed by atoms with E-state index in [0.29, 0.717) is 0 Å². The SMILES string of the molecule is CN(CCO)CC1CN(C2CC2)C1. The average molecular weight is 184 g/mol. The van der Waals surface area contributed by atoms with Gasteiger partial charge in [0.2, 0.25) is 0 Å². The Morgan fingerprint density at radius 3 is 2.62 bits per heavy atom. The lowest BCUT2D eigenvalue weighted by Gasteiger charge is -2.41. The van der Waals surface area contributed by atoms with Crippen LogP contribution in [0.4, 0.5) is 0 Å². The maximum atomic E-state index is 8.74. The molecule has 3 heteroatoms. The number of hydrogen-bond acceptors (Lipinski definition) is 3. The highest BCUT2D eigenvalue weighted by Crippen LogP contribution is 2.32. The fourth-order valence-electron chi connectivity index (χ4n) is 2.17. The van der Waals surface area contributed by atoms with E-state index in [-0.39, 0.29) is 6.61 Å². The van der Waals surface area contributed by atoms with E-state index in [1.165, 1.54) is 25.9 Å². The first-order valence-electron chi connectivity index (χ1n) is 5.33. The molecule has 1 N–H and O–H groups in total. The summed E-state index contributed by atoms with van der Waals surface area (Å²) in [7, 11) is 2.09. The van der Waals surface area contributed by atoms with Crippen LogP contribution in [0.3, 0.4) is 0 Å². The number of nitrogens with zero attached hydrogens (tertiary/aromatic N) is 2. The van der Waals surface area contributed by atoms with E-state index in [0.717, 1.165) is 25.0 Å². The Morgan fingerprint density at radius 2 is 2.08 bits per heavy atom. The third-order valence-electron chi connectivity index (χ3n) is 3.10. The number of hydrogen-bond donors (Lipinski definition) is 1. The topological polar surface area (TPSA) is 26.7 Å². The van der Waals surface area contributed by atoms with Crippen molar-refractivity contribution in [2.24, 2.45) is 5.92 Å². The molecule has 1 heterocycles. The largest absolute Gasteiger partial charge is 0.395 e. The molecule has 1 saturated heterocycles. The molecule has 1 aliphatic carbocycles. The van der Waals surface area contributed by atoms with Crippen molar-refractivity contribution >= 4 is 0 Å². The van der Waals surface area contributed by atoms with E-state index < -0.39 is 0 Å². The molecular formula is C10H20N2O. The first-order chi connectivity index (χ1) is 6.29. The molecule has 76 valence electrons. The first kappa shape index (κ1) is 9.44. The molecule has 1 saturated carbocycles. The Labute approximate surface area is 80.3 Å². The van der Waals surface area contributed by atoms with Gasteiger partial charge in [0.25, 0.3) is 0 Å². The van der Waals surface area contributed by atoms with Crippen LogP contribution in [0, 0.1) is 5.92 Å². The Morgan fingerprint density at radius 1 is 1.38 bits per heavy atom. The second-order valence-corrected chi connectivity index (χ2v) is 4.54. The smallest absolute Gasteiger partial charge is 0.0558 e. The second kappa shape index (κ2) is 3.95. The van der Waals surface area contributed by atoms with Crippen molar-refractivity contribution in [1.29, 1.82) is 0 Å². The minimum absolute atomic E-state index is 0.287. The van der Waals surface area contributed by atoms with Crippen molar-refractivity contribution in [3.63, 3.8) is 0 Å². The van der Waals surface area contributed by atoms with Crippen LogP contribution >= 0.6 is 0 Å². The number of aliphatic hydroxyl groups excluding tert-OH is 1. The molecule has 2 fully saturated rings. The quantitative estimate of drug-likeness (QED) is 0.652. The third kappa shape index (κ3) is 2.42.